The van der Waals surface area contributed by atoms with E-state index in [1.807, 2.05) is 140 Å². The molecule has 230 valence electrons. The van der Waals surface area contributed by atoms with Crippen molar-refractivity contribution < 1.29 is 12.6 Å². The Kier molecular flexibility index (Phi) is 5.67. The van der Waals surface area contributed by atoms with E-state index in [0.29, 0.717) is 33.9 Å². The fourth-order valence-corrected chi connectivity index (χ4v) is 6.04. The van der Waals surface area contributed by atoms with Crippen LogP contribution in [0, 0.1) is 0 Å². The zero-order chi connectivity index (χ0) is 37.8. The molecule has 0 unspecified atom stereocenters. The van der Waals surface area contributed by atoms with Crippen LogP contribution >= 0.6 is 0 Å². The molecule has 0 N–H and O–H groups in total. The average Bonchev–Trinajstić information content (AvgIpc) is 3.64. The van der Waals surface area contributed by atoms with Crippen LogP contribution in [0.25, 0.3) is 89.5 Å². The maximum absolute atomic E-state index is 9.47. The lowest BCUT2D eigenvalue weighted by molar-refractivity contribution is 0.669. The number of aromatic nitrogens is 3. The summed E-state index contributed by atoms with van der Waals surface area (Å²) in [5, 5.41) is 0.356. The van der Waals surface area contributed by atoms with E-state index in [1.165, 1.54) is 0 Å². The van der Waals surface area contributed by atoms with Crippen molar-refractivity contribution in [3.8, 4) is 67.5 Å². The van der Waals surface area contributed by atoms with Gasteiger partial charge in [-0.3, -0.25) is 0 Å². The third-order valence-electron chi connectivity index (χ3n) is 8.47. The average molecular weight is 634 g/mol. The fraction of sp³-hybridized carbons (Fsp3) is 0. The number of hydrogen-bond donors (Lipinski definition) is 0. The Bertz CT molecular complexity index is 2920. The van der Waals surface area contributed by atoms with Gasteiger partial charge in [-0.1, -0.05) is 152 Å². The molecule has 0 aliphatic heterocycles. The monoisotopic (exact) mass is 633 g/mol. The Hall–Kier alpha value is -6.65. The van der Waals surface area contributed by atoms with Crippen LogP contribution in [0.2, 0.25) is 0 Å². The van der Waals surface area contributed by atoms with Gasteiger partial charge in [-0.2, -0.15) is 0 Å². The van der Waals surface area contributed by atoms with E-state index < -0.39 is 0 Å². The molecule has 0 aliphatic carbocycles. The molecule has 9 rings (SSSR count). The van der Waals surface area contributed by atoms with Crippen molar-refractivity contribution in [2.24, 2.45) is 0 Å². The van der Waals surface area contributed by atoms with Crippen molar-refractivity contribution in [2.45, 2.75) is 0 Å². The second kappa shape index (κ2) is 12.2. The van der Waals surface area contributed by atoms with Gasteiger partial charge in [0.25, 0.3) is 0 Å². The minimum atomic E-state index is -0.344. The molecule has 0 radical (unpaired) electrons. The third-order valence-corrected chi connectivity index (χ3v) is 8.47. The molecule has 0 atom stereocenters. The Morgan fingerprint density at radius 2 is 0.918 bits per heavy atom. The van der Waals surface area contributed by atoms with Crippen LogP contribution in [-0.2, 0) is 0 Å². The summed E-state index contributed by atoms with van der Waals surface area (Å²) >= 11 is 0. The summed E-state index contributed by atoms with van der Waals surface area (Å²) in [4.78, 5) is 14.3. The van der Waals surface area contributed by atoms with Crippen LogP contribution in [0.15, 0.2) is 180 Å². The van der Waals surface area contributed by atoms with Crippen molar-refractivity contribution in [1.82, 2.24) is 15.0 Å². The van der Waals surface area contributed by atoms with E-state index >= 15 is 0 Å². The highest BCUT2D eigenvalue weighted by molar-refractivity contribution is 6.13. The molecule has 49 heavy (non-hydrogen) atoms. The van der Waals surface area contributed by atoms with Gasteiger partial charge in [0.15, 0.2) is 17.5 Å². The normalized spacial score (nSPS) is 13.0. The van der Waals surface area contributed by atoms with Crippen molar-refractivity contribution in [2.75, 3.05) is 0 Å². The molecule has 9 aromatic rings. The molecule has 2 heterocycles. The zero-order valence-electron chi connectivity index (χ0n) is 32.0. The molecule has 0 aliphatic rings. The highest BCUT2D eigenvalue weighted by Crippen LogP contribution is 2.39. The van der Waals surface area contributed by atoms with Crippen LogP contribution in [0.5, 0.6) is 0 Å². The molecule has 2 aromatic heterocycles. The third kappa shape index (κ3) is 5.45. The van der Waals surface area contributed by atoms with Gasteiger partial charge in [0.1, 0.15) is 11.2 Å². The summed E-state index contributed by atoms with van der Waals surface area (Å²) in [6.07, 6.45) is 0. The van der Waals surface area contributed by atoms with E-state index in [0.717, 1.165) is 22.3 Å². The highest BCUT2D eigenvalue weighted by Gasteiger charge is 2.17. The predicted molar refractivity (Wildman–Crippen MR) is 200 cm³/mol. The summed E-state index contributed by atoms with van der Waals surface area (Å²) in [6.45, 7) is 0. The number of nitrogens with zero attached hydrogens (tertiary/aromatic N) is 3. The van der Waals surface area contributed by atoms with Gasteiger partial charge in [-0.15, -0.1) is 0 Å². The summed E-state index contributed by atoms with van der Waals surface area (Å²) in [5.74, 6) is 0.672. The molecule has 0 bridgehead atoms. The molecule has 0 saturated carbocycles. The minimum Gasteiger partial charge on any atom is -0.456 e. The van der Waals surface area contributed by atoms with Crippen molar-refractivity contribution in [1.29, 1.82) is 0 Å². The zero-order valence-corrected chi connectivity index (χ0v) is 26.0. The van der Waals surface area contributed by atoms with Gasteiger partial charge in [-0.05, 0) is 57.6 Å². The summed E-state index contributed by atoms with van der Waals surface area (Å²) in [7, 11) is 0. The molecule has 4 nitrogen and oxygen atoms in total. The van der Waals surface area contributed by atoms with Crippen LogP contribution in [-0.4, -0.2) is 15.0 Å². The summed E-state index contributed by atoms with van der Waals surface area (Å²) in [6, 6.07) is 42.7. The van der Waals surface area contributed by atoms with E-state index in [9.17, 15) is 4.11 Å². The SMILES string of the molecule is [2H]c1c([2H])c(-c2cccc(-c3ccccc3)c2)c2c(oc3c([2H])c(-c4nc(-c5ccccc5)nc(-c5ccc(-c6ccccc6)cc5)n4)c([2H])c([2H])c32)c1[2H]. The number of rotatable bonds is 6. The van der Waals surface area contributed by atoms with Gasteiger partial charge >= 0.3 is 0 Å². The molecule has 4 heteroatoms. The molecule has 7 aromatic carbocycles. The van der Waals surface area contributed by atoms with Gasteiger partial charge in [-0.25, -0.2) is 15.0 Å². The van der Waals surface area contributed by atoms with Crippen molar-refractivity contribution in [3.05, 3.63) is 176 Å². The first kappa shape index (κ1) is 22.8. The maximum Gasteiger partial charge on any atom is 0.164 e. The van der Waals surface area contributed by atoms with E-state index in [-0.39, 0.29) is 69.6 Å². The highest BCUT2D eigenvalue weighted by atomic mass is 16.3. The minimum absolute atomic E-state index is 0.0195. The molecule has 0 spiro atoms. The fourth-order valence-electron chi connectivity index (χ4n) is 6.04. The first-order chi connectivity index (χ1) is 26.8. The second-order valence-electron chi connectivity index (χ2n) is 11.6. The lowest BCUT2D eigenvalue weighted by Crippen LogP contribution is -2.00. The van der Waals surface area contributed by atoms with Gasteiger partial charge in [0.2, 0.25) is 0 Å². The van der Waals surface area contributed by atoms with Gasteiger partial charge in [0, 0.05) is 27.5 Å². The van der Waals surface area contributed by atoms with Crippen LogP contribution in [0.3, 0.4) is 0 Å². The number of fused-ring (bicyclic) bond motifs is 3. The summed E-state index contributed by atoms with van der Waals surface area (Å²) < 4.78 is 61.0. The first-order valence-corrected chi connectivity index (χ1v) is 15.9. The van der Waals surface area contributed by atoms with Gasteiger partial charge < -0.3 is 4.42 Å². The van der Waals surface area contributed by atoms with Crippen LogP contribution in [0.4, 0.5) is 0 Å². The number of benzene rings is 7. The quantitative estimate of drug-likeness (QED) is 0.183. The van der Waals surface area contributed by atoms with E-state index in [4.69, 9.17) is 23.5 Å². The lowest BCUT2D eigenvalue weighted by atomic mass is 9.96. The van der Waals surface area contributed by atoms with Crippen LogP contribution in [0.1, 0.15) is 8.22 Å². The van der Waals surface area contributed by atoms with Gasteiger partial charge in [0.05, 0.1) is 8.22 Å². The largest absolute Gasteiger partial charge is 0.456 e. The Morgan fingerprint density at radius 1 is 0.408 bits per heavy atom. The molecular weight excluding hydrogens is 599 g/mol. The molecule has 0 amide bonds. The standard InChI is InChI=1S/C45H29N3O/c1-4-12-30(13-5-1)32-22-24-34(25-23-32)44-46-43(33-16-8-3-9-17-33)47-45(48-44)37-26-27-39-41(29-37)49-40-21-11-20-38(42(39)40)36-19-10-18-35(28-36)31-14-6-2-7-15-31/h1-29H/i11D,20D,21D,26D,27D,29D. The van der Waals surface area contributed by atoms with E-state index in [2.05, 4.69) is 0 Å². The summed E-state index contributed by atoms with van der Waals surface area (Å²) in [5.41, 5.74) is 6.07. The first-order valence-electron chi connectivity index (χ1n) is 18.9. The topological polar surface area (TPSA) is 51.8 Å². The Morgan fingerprint density at radius 3 is 1.59 bits per heavy atom. The lowest BCUT2D eigenvalue weighted by Gasteiger charge is -2.09. The molecule has 0 fully saturated rings. The maximum atomic E-state index is 9.47. The number of furan rings is 1. The Balaban J connectivity index is 1.27. The number of hydrogen-bond acceptors (Lipinski definition) is 4. The van der Waals surface area contributed by atoms with E-state index in [1.54, 1.807) is 0 Å². The van der Waals surface area contributed by atoms with Crippen molar-refractivity contribution in [3.63, 3.8) is 0 Å². The Labute approximate surface area is 292 Å². The molecular formula is C45H29N3O. The second-order valence-corrected chi connectivity index (χ2v) is 11.6. The molecule has 0 saturated heterocycles. The predicted octanol–water partition coefficient (Wildman–Crippen LogP) is 11.8. The van der Waals surface area contributed by atoms with Crippen molar-refractivity contribution >= 4 is 21.9 Å². The smallest absolute Gasteiger partial charge is 0.164 e. The van der Waals surface area contributed by atoms with Crippen LogP contribution < -0.4 is 0 Å².